The monoisotopic (exact) mass is 422 g/mol. The van der Waals surface area contributed by atoms with Crippen LogP contribution in [-0.2, 0) is 14.4 Å². The molecule has 3 amide bonds. The maximum Gasteiger partial charge on any atom is 0.269 e. The van der Waals surface area contributed by atoms with Gasteiger partial charge in [0.05, 0.1) is 17.5 Å². The van der Waals surface area contributed by atoms with Crippen molar-refractivity contribution in [1.29, 1.82) is 5.41 Å². The van der Waals surface area contributed by atoms with Gasteiger partial charge in [0.25, 0.3) is 5.69 Å². The highest BCUT2D eigenvalue weighted by Gasteiger charge is 2.21. The van der Waals surface area contributed by atoms with E-state index in [0.29, 0.717) is 18.7 Å². The van der Waals surface area contributed by atoms with Crippen LogP contribution in [0.3, 0.4) is 0 Å². The molecule has 1 rings (SSSR count). The molecule has 9 N–H and O–H groups in total. The van der Waals surface area contributed by atoms with Gasteiger partial charge in [0.2, 0.25) is 17.7 Å². The molecular weight excluding hydrogens is 396 g/mol. The van der Waals surface area contributed by atoms with Gasteiger partial charge in [-0.15, -0.1) is 0 Å². The first-order valence-corrected chi connectivity index (χ1v) is 9.06. The Bertz CT molecular complexity index is 781. The molecule has 13 nitrogen and oxygen atoms in total. The predicted molar refractivity (Wildman–Crippen MR) is 109 cm³/mol. The van der Waals surface area contributed by atoms with E-state index in [-0.39, 0.29) is 24.6 Å². The topological polar surface area (TPSA) is 218 Å². The Morgan fingerprint density at radius 3 is 2.33 bits per heavy atom. The third kappa shape index (κ3) is 8.97. The zero-order valence-corrected chi connectivity index (χ0v) is 16.4. The minimum atomic E-state index is -0.950. The van der Waals surface area contributed by atoms with Crippen molar-refractivity contribution in [3.8, 4) is 0 Å². The highest BCUT2D eigenvalue weighted by Crippen LogP contribution is 2.16. The molecule has 0 unspecified atom stereocenters. The Morgan fingerprint density at radius 1 is 1.17 bits per heavy atom. The maximum absolute atomic E-state index is 12.6. The second-order valence-corrected chi connectivity index (χ2v) is 6.40. The van der Waals surface area contributed by atoms with Crippen LogP contribution in [0.4, 0.5) is 11.4 Å². The van der Waals surface area contributed by atoms with Gasteiger partial charge in [-0.3, -0.25) is 29.9 Å². The lowest BCUT2D eigenvalue weighted by atomic mass is 10.1. The fourth-order valence-electron chi connectivity index (χ4n) is 2.27. The standard InChI is InChI=1S/C17H26N8O5/c1-10(18)15(27)22-9-14(26)24-13(3-2-8-21-17(19)20)16(28)23-11-4-6-12(7-5-11)25(29)30/h4-7,10,13H,2-3,8-9,18H2,1H3,(H,22,27)(H,23,28)(H,24,26)(H4,19,20,21)/t10-,13-/m0/s1. The Balaban J connectivity index is 2.73. The number of nitro groups is 1. The number of nitro benzene ring substituents is 1. The number of hydrogen-bond acceptors (Lipinski definition) is 7. The van der Waals surface area contributed by atoms with Crippen LogP contribution >= 0.6 is 0 Å². The number of amides is 3. The SMILES string of the molecule is C[C@H](N)C(=O)NCC(=O)N[C@@H](CCCNC(=N)N)C(=O)Nc1ccc([N+](=O)[O-])cc1. The van der Waals surface area contributed by atoms with Gasteiger partial charge in [0.1, 0.15) is 6.04 Å². The summed E-state index contributed by atoms with van der Waals surface area (Å²) in [4.78, 5) is 46.3. The van der Waals surface area contributed by atoms with E-state index in [1.807, 2.05) is 0 Å². The van der Waals surface area contributed by atoms with E-state index < -0.39 is 34.7 Å². The molecule has 0 spiro atoms. The largest absolute Gasteiger partial charge is 0.370 e. The summed E-state index contributed by atoms with van der Waals surface area (Å²) in [6.45, 7) is 1.43. The summed E-state index contributed by atoms with van der Waals surface area (Å²) < 4.78 is 0. The number of carbonyl (C=O) groups excluding carboxylic acids is 3. The van der Waals surface area contributed by atoms with Gasteiger partial charge in [-0.2, -0.15) is 0 Å². The molecule has 1 aromatic rings. The number of rotatable bonds is 11. The van der Waals surface area contributed by atoms with Crippen LogP contribution < -0.4 is 32.7 Å². The lowest BCUT2D eigenvalue weighted by molar-refractivity contribution is -0.384. The molecule has 0 saturated heterocycles. The number of non-ortho nitro benzene ring substituents is 1. The van der Waals surface area contributed by atoms with Gasteiger partial charge < -0.3 is 32.7 Å². The van der Waals surface area contributed by atoms with Crippen LogP contribution in [0.5, 0.6) is 0 Å². The first-order valence-electron chi connectivity index (χ1n) is 9.06. The lowest BCUT2D eigenvalue weighted by Gasteiger charge is -2.19. The summed E-state index contributed by atoms with van der Waals surface area (Å²) in [5, 5.41) is 27.9. The van der Waals surface area contributed by atoms with Gasteiger partial charge in [-0.25, -0.2) is 0 Å². The van der Waals surface area contributed by atoms with Crippen molar-refractivity contribution < 1.29 is 19.3 Å². The van der Waals surface area contributed by atoms with Gasteiger partial charge in [0.15, 0.2) is 5.96 Å². The molecule has 0 fully saturated rings. The number of carbonyl (C=O) groups is 3. The highest BCUT2D eigenvalue weighted by molar-refractivity contribution is 5.98. The summed E-state index contributed by atoms with van der Waals surface area (Å²) in [5.41, 5.74) is 10.8. The smallest absolute Gasteiger partial charge is 0.269 e. The third-order valence-corrected chi connectivity index (χ3v) is 3.82. The van der Waals surface area contributed by atoms with Crippen LogP contribution in [0.15, 0.2) is 24.3 Å². The van der Waals surface area contributed by atoms with Crippen molar-refractivity contribution in [2.45, 2.75) is 31.8 Å². The second-order valence-electron chi connectivity index (χ2n) is 6.40. The summed E-state index contributed by atoms with van der Waals surface area (Å²) >= 11 is 0. The van der Waals surface area contributed by atoms with E-state index in [2.05, 4.69) is 21.3 Å². The number of guanidine groups is 1. The van der Waals surface area contributed by atoms with E-state index in [4.69, 9.17) is 16.9 Å². The zero-order valence-electron chi connectivity index (χ0n) is 16.4. The summed E-state index contributed by atoms with van der Waals surface area (Å²) in [6.07, 6.45) is 0.622. The molecule has 0 saturated carbocycles. The fraction of sp³-hybridized carbons (Fsp3) is 0.412. The van der Waals surface area contributed by atoms with Gasteiger partial charge in [-0.1, -0.05) is 0 Å². The number of benzene rings is 1. The van der Waals surface area contributed by atoms with Crippen LogP contribution in [0, 0.1) is 15.5 Å². The summed E-state index contributed by atoms with van der Waals surface area (Å²) in [5.74, 6) is -1.86. The Hall–Kier alpha value is -3.74. The average Bonchev–Trinajstić information content (AvgIpc) is 2.68. The highest BCUT2D eigenvalue weighted by atomic mass is 16.6. The maximum atomic E-state index is 12.6. The molecule has 0 aliphatic carbocycles. The Kier molecular flexibility index (Phi) is 9.69. The quantitative estimate of drug-likeness (QED) is 0.0748. The fourth-order valence-corrected chi connectivity index (χ4v) is 2.27. The molecule has 13 heteroatoms. The van der Waals surface area contributed by atoms with Crippen molar-refractivity contribution in [3.05, 3.63) is 34.4 Å². The van der Waals surface area contributed by atoms with E-state index in [9.17, 15) is 24.5 Å². The Labute approximate surface area is 172 Å². The molecule has 0 aliphatic heterocycles. The number of anilines is 1. The van der Waals surface area contributed by atoms with Gasteiger partial charge in [0, 0.05) is 24.4 Å². The van der Waals surface area contributed by atoms with E-state index in [0.717, 1.165) is 0 Å². The first kappa shape index (κ1) is 24.3. The Morgan fingerprint density at radius 2 is 1.80 bits per heavy atom. The molecule has 0 heterocycles. The minimum Gasteiger partial charge on any atom is -0.370 e. The van der Waals surface area contributed by atoms with Gasteiger partial charge >= 0.3 is 0 Å². The van der Waals surface area contributed by atoms with Crippen LogP contribution in [0.2, 0.25) is 0 Å². The van der Waals surface area contributed by atoms with Crippen LogP contribution in [0.1, 0.15) is 19.8 Å². The second kappa shape index (κ2) is 12.0. The number of nitrogens with one attached hydrogen (secondary N) is 5. The third-order valence-electron chi connectivity index (χ3n) is 3.82. The molecule has 30 heavy (non-hydrogen) atoms. The minimum absolute atomic E-state index is 0.127. The van der Waals surface area contributed by atoms with Crippen molar-refractivity contribution in [2.75, 3.05) is 18.4 Å². The van der Waals surface area contributed by atoms with Crippen molar-refractivity contribution in [2.24, 2.45) is 11.5 Å². The van der Waals surface area contributed by atoms with Crippen molar-refractivity contribution >= 4 is 35.1 Å². The van der Waals surface area contributed by atoms with Crippen molar-refractivity contribution in [1.82, 2.24) is 16.0 Å². The van der Waals surface area contributed by atoms with Crippen LogP contribution in [-0.4, -0.2) is 53.8 Å². The molecule has 0 bridgehead atoms. The van der Waals surface area contributed by atoms with E-state index in [1.54, 1.807) is 0 Å². The zero-order chi connectivity index (χ0) is 22.7. The molecule has 1 aromatic carbocycles. The number of hydrogen-bond donors (Lipinski definition) is 7. The number of nitrogens with two attached hydrogens (primary N) is 2. The summed E-state index contributed by atoms with van der Waals surface area (Å²) in [6, 6.07) is 3.49. The predicted octanol–water partition coefficient (Wildman–Crippen LogP) is -1.26. The van der Waals surface area contributed by atoms with E-state index >= 15 is 0 Å². The molecule has 0 aromatic heterocycles. The molecule has 2 atom stereocenters. The first-order chi connectivity index (χ1) is 14.1. The molecule has 0 aliphatic rings. The lowest BCUT2D eigenvalue weighted by Crippen LogP contribution is -2.49. The van der Waals surface area contributed by atoms with Crippen molar-refractivity contribution in [3.63, 3.8) is 0 Å². The molecular formula is C17H26N8O5. The number of nitrogens with zero attached hydrogens (tertiary/aromatic N) is 1. The van der Waals surface area contributed by atoms with E-state index in [1.165, 1.54) is 31.2 Å². The average molecular weight is 422 g/mol. The molecule has 0 radical (unpaired) electrons. The summed E-state index contributed by atoms with van der Waals surface area (Å²) in [7, 11) is 0. The molecule has 164 valence electrons. The van der Waals surface area contributed by atoms with Gasteiger partial charge in [-0.05, 0) is 31.9 Å². The normalized spacial score (nSPS) is 12.2. The van der Waals surface area contributed by atoms with Crippen LogP contribution in [0.25, 0.3) is 0 Å².